The second-order valence-corrected chi connectivity index (χ2v) is 7.13. The van der Waals surface area contributed by atoms with Crippen LogP contribution in [0.4, 0.5) is 0 Å². The minimum absolute atomic E-state index is 0.227. The highest BCUT2D eigenvalue weighted by Gasteiger charge is 2.22. The highest BCUT2D eigenvalue weighted by molar-refractivity contribution is 4.85. The molecule has 0 unspecified atom stereocenters. The average molecular weight is 241 g/mol. The molecule has 0 amide bonds. The first-order valence-electron chi connectivity index (χ1n) is 7.56. The van der Waals surface area contributed by atoms with E-state index in [-0.39, 0.29) is 11.1 Å². The fraction of sp³-hybridized carbons (Fsp3) is 1.00. The Morgan fingerprint density at radius 1 is 0.706 bits per heavy atom. The average Bonchev–Trinajstić information content (AvgIpc) is 2.12. The molecule has 104 valence electrons. The van der Waals surface area contributed by atoms with Gasteiger partial charge in [-0.05, 0) is 41.0 Å². The summed E-state index contributed by atoms with van der Waals surface area (Å²) in [5, 5.41) is 3.71. The number of unbranched alkanes of at least 4 members (excludes halogenated alkanes) is 6. The zero-order valence-electron chi connectivity index (χ0n) is 13.2. The number of rotatable bonds is 9. The van der Waals surface area contributed by atoms with Crippen LogP contribution in [-0.4, -0.2) is 11.1 Å². The lowest BCUT2D eigenvalue weighted by Crippen LogP contribution is -2.50. The standard InChI is InChI=1S/C16H35N/c1-7-8-9-10-11-12-13-14-16(5,6)17-15(2,3)4/h17H,7-14H2,1-6H3. The van der Waals surface area contributed by atoms with Crippen LogP contribution in [0.15, 0.2) is 0 Å². The van der Waals surface area contributed by atoms with Crippen molar-refractivity contribution in [2.75, 3.05) is 0 Å². The second-order valence-electron chi connectivity index (χ2n) is 7.13. The van der Waals surface area contributed by atoms with Gasteiger partial charge in [0.1, 0.15) is 0 Å². The van der Waals surface area contributed by atoms with Crippen molar-refractivity contribution in [3.63, 3.8) is 0 Å². The number of hydrogen-bond donors (Lipinski definition) is 1. The van der Waals surface area contributed by atoms with E-state index in [1.54, 1.807) is 0 Å². The molecule has 0 aromatic heterocycles. The largest absolute Gasteiger partial charge is 0.307 e. The van der Waals surface area contributed by atoms with Gasteiger partial charge < -0.3 is 5.32 Å². The van der Waals surface area contributed by atoms with Crippen LogP contribution in [0.1, 0.15) is 92.9 Å². The van der Waals surface area contributed by atoms with E-state index in [4.69, 9.17) is 0 Å². The summed E-state index contributed by atoms with van der Waals surface area (Å²) in [5.41, 5.74) is 0.506. The summed E-state index contributed by atoms with van der Waals surface area (Å²) < 4.78 is 0. The lowest BCUT2D eigenvalue weighted by molar-refractivity contribution is 0.261. The molecule has 17 heavy (non-hydrogen) atoms. The van der Waals surface area contributed by atoms with E-state index in [2.05, 4.69) is 46.9 Å². The van der Waals surface area contributed by atoms with Gasteiger partial charge in [-0.15, -0.1) is 0 Å². The molecule has 0 fully saturated rings. The lowest BCUT2D eigenvalue weighted by Gasteiger charge is -2.35. The van der Waals surface area contributed by atoms with E-state index in [1.165, 1.54) is 51.4 Å². The Bertz CT molecular complexity index is 176. The van der Waals surface area contributed by atoms with Crippen LogP contribution in [0.3, 0.4) is 0 Å². The Morgan fingerprint density at radius 2 is 1.18 bits per heavy atom. The maximum Gasteiger partial charge on any atom is 0.0130 e. The van der Waals surface area contributed by atoms with Crippen LogP contribution in [0.25, 0.3) is 0 Å². The van der Waals surface area contributed by atoms with Crippen LogP contribution in [0.5, 0.6) is 0 Å². The second kappa shape index (κ2) is 8.13. The molecule has 0 atom stereocenters. The maximum absolute atomic E-state index is 3.71. The van der Waals surface area contributed by atoms with Crippen LogP contribution in [-0.2, 0) is 0 Å². The van der Waals surface area contributed by atoms with E-state index in [0.717, 1.165) is 0 Å². The van der Waals surface area contributed by atoms with Gasteiger partial charge in [0, 0.05) is 11.1 Å². The molecule has 1 N–H and O–H groups in total. The smallest absolute Gasteiger partial charge is 0.0130 e. The predicted molar refractivity (Wildman–Crippen MR) is 79.6 cm³/mol. The molecular formula is C16H35N. The van der Waals surface area contributed by atoms with E-state index in [9.17, 15) is 0 Å². The third-order valence-electron chi connectivity index (χ3n) is 3.12. The van der Waals surface area contributed by atoms with Crippen molar-refractivity contribution in [3.05, 3.63) is 0 Å². The molecule has 0 aliphatic carbocycles. The SMILES string of the molecule is CCCCCCCCCC(C)(C)NC(C)(C)C. The third-order valence-corrected chi connectivity index (χ3v) is 3.12. The first-order valence-corrected chi connectivity index (χ1v) is 7.56. The van der Waals surface area contributed by atoms with Crippen LogP contribution >= 0.6 is 0 Å². The summed E-state index contributed by atoms with van der Waals surface area (Å²) in [4.78, 5) is 0. The Balaban J connectivity index is 3.52. The number of nitrogens with one attached hydrogen (secondary N) is 1. The molecule has 0 radical (unpaired) electrons. The molecule has 0 saturated heterocycles. The highest BCUT2D eigenvalue weighted by Crippen LogP contribution is 2.18. The molecule has 0 aromatic rings. The summed E-state index contributed by atoms with van der Waals surface area (Å²) in [6, 6.07) is 0. The molecule has 0 aliphatic heterocycles. The quantitative estimate of drug-likeness (QED) is 0.541. The van der Waals surface area contributed by atoms with E-state index < -0.39 is 0 Å². The summed E-state index contributed by atoms with van der Waals surface area (Å²) in [7, 11) is 0. The van der Waals surface area contributed by atoms with Gasteiger partial charge in [0.25, 0.3) is 0 Å². The molecule has 0 spiro atoms. The van der Waals surface area contributed by atoms with Gasteiger partial charge in [-0.25, -0.2) is 0 Å². The van der Waals surface area contributed by atoms with Crippen LogP contribution in [0.2, 0.25) is 0 Å². The molecular weight excluding hydrogens is 206 g/mol. The van der Waals surface area contributed by atoms with E-state index in [1.807, 2.05) is 0 Å². The monoisotopic (exact) mass is 241 g/mol. The molecule has 0 saturated carbocycles. The molecule has 0 bridgehead atoms. The maximum atomic E-state index is 3.71. The molecule has 0 aliphatic rings. The van der Waals surface area contributed by atoms with Crippen molar-refractivity contribution in [2.24, 2.45) is 0 Å². The predicted octanol–water partition coefficient (Wildman–Crippen LogP) is 5.29. The minimum atomic E-state index is 0.227. The first kappa shape index (κ1) is 17.0. The minimum Gasteiger partial charge on any atom is -0.307 e. The normalized spacial score (nSPS) is 13.1. The van der Waals surface area contributed by atoms with Gasteiger partial charge in [0.15, 0.2) is 0 Å². The highest BCUT2D eigenvalue weighted by atomic mass is 15.0. The van der Waals surface area contributed by atoms with Gasteiger partial charge in [-0.2, -0.15) is 0 Å². The van der Waals surface area contributed by atoms with Crippen molar-refractivity contribution < 1.29 is 0 Å². The van der Waals surface area contributed by atoms with Crippen molar-refractivity contribution in [3.8, 4) is 0 Å². The Kier molecular flexibility index (Phi) is 8.11. The Hall–Kier alpha value is -0.0400. The number of hydrogen-bond acceptors (Lipinski definition) is 1. The van der Waals surface area contributed by atoms with Gasteiger partial charge in [-0.3, -0.25) is 0 Å². The lowest BCUT2D eigenvalue weighted by atomic mass is 9.92. The Labute approximate surface area is 110 Å². The van der Waals surface area contributed by atoms with Crippen molar-refractivity contribution >= 4 is 0 Å². The summed E-state index contributed by atoms with van der Waals surface area (Å²) in [6.45, 7) is 13.7. The first-order chi connectivity index (χ1) is 7.77. The molecule has 0 heterocycles. The van der Waals surface area contributed by atoms with Crippen molar-refractivity contribution in [2.45, 2.75) is 104 Å². The van der Waals surface area contributed by atoms with E-state index in [0.29, 0.717) is 0 Å². The fourth-order valence-corrected chi connectivity index (χ4v) is 2.60. The topological polar surface area (TPSA) is 12.0 Å². The van der Waals surface area contributed by atoms with Gasteiger partial charge in [-0.1, -0.05) is 51.9 Å². The molecule has 0 rings (SSSR count). The van der Waals surface area contributed by atoms with Crippen LogP contribution < -0.4 is 5.32 Å². The summed E-state index contributed by atoms with van der Waals surface area (Å²) >= 11 is 0. The van der Waals surface area contributed by atoms with Crippen molar-refractivity contribution in [1.82, 2.24) is 5.32 Å². The zero-order chi connectivity index (χ0) is 13.4. The summed E-state index contributed by atoms with van der Waals surface area (Å²) in [5.74, 6) is 0. The van der Waals surface area contributed by atoms with Crippen molar-refractivity contribution in [1.29, 1.82) is 0 Å². The van der Waals surface area contributed by atoms with Gasteiger partial charge in [0.2, 0.25) is 0 Å². The van der Waals surface area contributed by atoms with Crippen LogP contribution in [0, 0.1) is 0 Å². The molecule has 1 heteroatoms. The molecule has 1 nitrogen and oxygen atoms in total. The van der Waals surface area contributed by atoms with Gasteiger partial charge >= 0.3 is 0 Å². The third kappa shape index (κ3) is 12.2. The zero-order valence-corrected chi connectivity index (χ0v) is 13.2. The Morgan fingerprint density at radius 3 is 1.65 bits per heavy atom. The summed E-state index contributed by atoms with van der Waals surface area (Å²) in [6.07, 6.45) is 11.1. The van der Waals surface area contributed by atoms with E-state index >= 15 is 0 Å². The molecule has 0 aromatic carbocycles. The van der Waals surface area contributed by atoms with Gasteiger partial charge in [0.05, 0.1) is 0 Å². The fourth-order valence-electron chi connectivity index (χ4n) is 2.60.